The van der Waals surface area contributed by atoms with E-state index in [1.807, 2.05) is 30.3 Å². The monoisotopic (exact) mass is 425 g/mol. The molecule has 0 radical (unpaired) electrons. The largest absolute Gasteiger partial charge is 0.507 e. The van der Waals surface area contributed by atoms with Gasteiger partial charge in [-0.3, -0.25) is 14.7 Å². The zero-order valence-electron chi connectivity index (χ0n) is 17.9. The van der Waals surface area contributed by atoms with Crippen LogP contribution in [0.5, 0.6) is 5.75 Å². The molecule has 2 aromatic heterocycles. The molecule has 8 heteroatoms. The summed E-state index contributed by atoms with van der Waals surface area (Å²) in [5.41, 5.74) is 2.61. The van der Waals surface area contributed by atoms with E-state index in [0.717, 1.165) is 5.56 Å². The van der Waals surface area contributed by atoms with Crippen LogP contribution in [-0.4, -0.2) is 46.7 Å². The van der Waals surface area contributed by atoms with E-state index in [0.29, 0.717) is 36.5 Å². The number of hydrogen-bond acceptors (Lipinski definition) is 6. The second kappa shape index (κ2) is 10.1. The van der Waals surface area contributed by atoms with E-state index in [2.05, 4.69) is 10.2 Å². The van der Waals surface area contributed by atoms with Gasteiger partial charge in [-0.05, 0) is 25.0 Å². The van der Waals surface area contributed by atoms with Crippen LogP contribution in [0.2, 0.25) is 0 Å². The molecule has 164 valence electrons. The average Bonchev–Trinajstić information content (AvgIpc) is 3.25. The second-order valence-corrected chi connectivity index (χ2v) is 7.29. The lowest BCUT2D eigenvalue weighted by Gasteiger charge is -2.20. The first-order chi connectivity index (χ1) is 15.0. The van der Waals surface area contributed by atoms with Gasteiger partial charge in [-0.25, -0.2) is 0 Å². The lowest BCUT2D eigenvalue weighted by atomic mass is 9.87. The zero-order valence-corrected chi connectivity index (χ0v) is 17.9. The van der Waals surface area contributed by atoms with Crippen LogP contribution in [0, 0.1) is 6.92 Å². The molecule has 1 unspecified atom stereocenters. The Morgan fingerprint density at radius 3 is 2.68 bits per heavy atom. The van der Waals surface area contributed by atoms with E-state index in [4.69, 9.17) is 9.47 Å². The van der Waals surface area contributed by atoms with Crippen LogP contribution in [-0.2, 0) is 20.8 Å². The highest BCUT2D eigenvalue weighted by atomic mass is 16.5. The molecule has 0 spiro atoms. The molecule has 0 saturated carbocycles. The first-order valence-corrected chi connectivity index (χ1v) is 10.1. The quantitative estimate of drug-likeness (QED) is 0.403. The molecule has 0 saturated heterocycles. The van der Waals surface area contributed by atoms with Crippen molar-refractivity contribution in [2.75, 3.05) is 20.8 Å². The van der Waals surface area contributed by atoms with Crippen molar-refractivity contribution in [1.82, 2.24) is 14.8 Å². The van der Waals surface area contributed by atoms with Crippen molar-refractivity contribution in [2.45, 2.75) is 32.2 Å². The highest BCUT2D eigenvalue weighted by Crippen LogP contribution is 2.36. The number of aromatic hydroxyl groups is 1. The number of nitrogens with one attached hydrogen (secondary N) is 1. The summed E-state index contributed by atoms with van der Waals surface area (Å²) in [6, 6.07) is 11.0. The number of aromatic nitrogens is 3. The van der Waals surface area contributed by atoms with Gasteiger partial charge in [0, 0.05) is 37.4 Å². The van der Waals surface area contributed by atoms with Crippen LogP contribution in [0.15, 0.2) is 47.4 Å². The van der Waals surface area contributed by atoms with Gasteiger partial charge in [0.1, 0.15) is 5.75 Å². The Kier molecular flexibility index (Phi) is 7.25. The Morgan fingerprint density at radius 2 is 2.00 bits per heavy atom. The summed E-state index contributed by atoms with van der Waals surface area (Å²) < 4.78 is 11.6. The van der Waals surface area contributed by atoms with E-state index in [-0.39, 0.29) is 23.3 Å². The van der Waals surface area contributed by atoms with Gasteiger partial charge < -0.3 is 19.1 Å². The number of benzene rings is 1. The molecule has 3 aromatic rings. The maximum Gasteiger partial charge on any atom is 0.306 e. The molecule has 1 atom stereocenters. The third-order valence-corrected chi connectivity index (χ3v) is 5.31. The Bertz CT molecular complexity index is 1090. The van der Waals surface area contributed by atoms with Crippen molar-refractivity contribution in [1.29, 1.82) is 0 Å². The fourth-order valence-corrected chi connectivity index (χ4v) is 3.75. The van der Waals surface area contributed by atoms with Gasteiger partial charge in [-0.1, -0.05) is 30.3 Å². The van der Waals surface area contributed by atoms with Crippen molar-refractivity contribution in [3.8, 4) is 17.0 Å². The van der Waals surface area contributed by atoms with Crippen LogP contribution >= 0.6 is 0 Å². The Balaban J connectivity index is 2.15. The maximum atomic E-state index is 13.4. The number of pyridine rings is 1. The zero-order chi connectivity index (χ0) is 22.4. The minimum Gasteiger partial charge on any atom is -0.507 e. The highest BCUT2D eigenvalue weighted by molar-refractivity contribution is 5.73. The number of aromatic amines is 1. The summed E-state index contributed by atoms with van der Waals surface area (Å²) in [7, 11) is 2.90. The van der Waals surface area contributed by atoms with Crippen molar-refractivity contribution in [3.63, 3.8) is 0 Å². The van der Waals surface area contributed by atoms with Crippen molar-refractivity contribution in [3.05, 3.63) is 69.8 Å². The number of rotatable bonds is 9. The van der Waals surface area contributed by atoms with Gasteiger partial charge in [0.25, 0.3) is 5.56 Å². The van der Waals surface area contributed by atoms with Crippen LogP contribution in [0.4, 0.5) is 0 Å². The predicted octanol–water partition coefficient (Wildman–Crippen LogP) is 2.98. The molecule has 2 N–H and O–H groups in total. The van der Waals surface area contributed by atoms with E-state index < -0.39 is 11.9 Å². The van der Waals surface area contributed by atoms with Gasteiger partial charge in [0.15, 0.2) is 0 Å². The number of aryl methyl sites for hydroxylation is 1. The number of esters is 1. The number of nitrogens with zero attached hydrogens (tertiary/aromatic N) is 2. The van der Waals surface area contributed by atoms with E-state index >= 15 is 0 Å². The second-order valence-electron chi connectivity index (χ2n) is 7.29. The molecule has 1 aromatic carbocycles. The number of hydrogen-bond donors (Lipinski definition) is 2. The fraction of sp³-hybridized carbons (Fsp3) is 0.348. The summed E-state index contributed by atoms with van der Waals surface area (Å²) >= 11 is 0. The SMILES string of the molecule is COCCCn1c(C)cc(O)c(C(CC(=O)OC)c2cn[nH]c2-c2ccccc2)c1=O. The molecule has 0 bridgehead atoms. The summed E-state index contributed by atoms with van der Waals surface area (Å²) in [4.78, 5) is 25.7. The lowest BCUT2D eigenvalue weighted by Crippen LogP contribution is -2.29. The molecule has 0 amide bonds. The van der Waals surface area contributed by atoms with E-state index in [1.54, 1.807) is 30.9 Å². The first-order valence-electron chi connectivity index (χ1n) is 10.1. The van der Waals surface area contributed by atoms with Gasteiger partial charge >= 0.3 is 5.97 Å². The number of carbonyl (C=O) groups is 1. The van der Waals surface area contributed by atoms with Gasteiger partial charge in [0.05, 0.1) is 31.0 Å². The number of methoxy groups -OCH3 is 2. The normalized spacial score (nSPS) is 12.0. The van der Waals surface area contributed by atoms with Crippen LogP contribution in [0.3, 0.4) is 0 Å². The third kappa shape index (κ3) is 4.86. The van der Waals surface area contributed by atoms with Gasteiger partial charge in [-0.15, -0.1) is 0 Å². The lowest BCUT2D eigenvalue weighted by molar-refractivity contribution is -0.140. The molecule has 0 aliphatic heterocycles. The smallest absolute Gasteiger partial charge is 0.306 e. The molecule has 0 aliphatic carbocycles. The molecule has 8 nitrogen and oxygen atoms in total. The number of ether oxygens (including phenoxy) is 2. The van der Waals surface area contributed by atoms with E-state index in [9.17, 15) is 14.7 Å². The van der Waals surface area contributed by atoms with Gasteiger partial charge in [0.2, 0.25) is 0 Å². The van der Waals surface area contributed by atoms with Crippen molar-refractivity contribution < 1.29 is 19.4 Å². The van der Waals surface area contributed by atoms with E-state index in [1.165, 1.54) is 7.11 Å². The Labute approximate surface area is 180 Å². The molecule has 2 heterocycles. The predicted molar refractivity (Wildman–Crippen MR) is 116 cm³/mol. The van der Waals surface area contributed by atoms with Gasteiger partial charge in [-0.2, -0.15) is 5.10 Å². The fourth-order valence-electron chi connectivity index (χ4n) is 3.75. The topological polar surface area (TPSA) is 106 Å². The Hall–Kier alpha value is -3.39. The van der Waals surface area contributed by atoms with Crippen LogP contribution < -0.4 is 5.56 Å². The number of H-pyrrole nitrogens is 1. The summed E-state index contributed by atoms with van der Waals surface area (Å²) in [6.45, 7) is 2.71. The minimum absolute atomic E-state index is 0.111. The summed E-state index contributed by atoms with van der Waals surface area (Å²) in [5.74, 6) is -1.38. The molecular weight excluding hydrogens is 398 g/mol. The highest BCUT2D eigenvalue weighted by Gasteiger charge is 2.29. The minimum atomic E-state index is -0.733. The van der Waals surface area contributed by atoms with Crippen molar-refractivity contribution in [2.24, 2.45) is 0 Å². The molecule has 0 aliphatic rings. The van der Waals surface area contributed by atoms with Crippen LogP contribution in [0.1, 0.15) is 35.6 Å². The summed E-state index contributed by atoms with van der Waals surface area (Å²) in [5, 5.41) is 17.9. The molecular formula is C23H27N3O5. The third-order valence-electron chi connectivity index (χ3n) is 5.31. The number of carbonyl (C=O) groups excluding carboxylic acids is 1. The first kappa shape index (κ1) is 22.3. The standard InChI is InChI=1S/C23H27N3O5/c1-15-12-19(27)21(23(29)26(15)10-7-11-30-2)17(13-20(28)31-3)18-14-24-25-22(18)16-8-5-4-6-9-16/h4-6,8-9,12,14,17,27H,7,10-11,13H2,1-3H3,(H,24,25). The molecule has 3 rings (SSSR count). The molecule has 0 fully saturated rings. The summed E-state index contributed by atoms with van der Waals surface area (Å²) in [6.07, 6.45) is 2.12. The van der Waals surface area contributed by atoms with Crippen molar-refractivity contribution >= 4 is 5.97 Å². The molecule has 31 heavy (non-hydrogen) atoms. The van der Waals surface area contributed by atoms with Crippen LogP contribution in [0.25, 0.3) is 11.3 Å². The maximum absolute atomic E-state index is 13.4. The Morgan fingerprint density at radius 1 is 1.26 bits per heavy atom. The average molecular weight is 425 g/mol.